The number of amides is 1. The van der Waals surface area contributed by atoms with Crippen molar-refractivity contribution in [1.29, 1.82) is 0 Å². The third-order valence-corrected chi connectivity index (χ3v) is 3.15. The summed E-state index contributed by atoms with van der Waals surface area (Å²) in [5.74, 6) is 0.425. The first-order valence-corrected chi connectivity index (χ1v) is 6.92. The lowest BCUT2D eigenvalue weighted by atomic mass is 10.2. The fourth-order valence-corrected chi connectivity index (χ4v) is 1.99. The van der Waals surface area contributed by atoms with Gasteiger partial charge >= 0.3 is 0 Å². The van der Waals surface area contributed by atoms with Crippen LogP contribution < -0.4 is 15.8 Å². The SMILES string of the molecule is CC(Oc1cccc(Br)c1)C(=O)Nc1ccc(N)cc1. The van der Waals surface area contributed by atoms with Crippen LogP contribution in [-0.2, 0) is 4.79 Å². The predicted octanol–water partition coefficient (Wildman–Crippen LogP) is 3.44. The minimum absolute atomic E-state index is 0.213. The molecule has 0 saturated carbocycles. The molecule has 0 aromatic heterocycles. The summed E-state index contributed by atoms with van der Waals surface area (Å²) in [5, 5.41) is 2.77. The second kappa shape index (κ2) is 6.43. The molecule has 1 unspecified atom stereocenters. The van der Waals surface area contributed by atoms with Crippen LogP contribution in [0.2, 0.25) is 0 Å². The summed E-state index contributed by atoms with van der Waals surface area (Å²) < 4.78 is 6.49. The number of carbonyl (C=O) groups is 1. The summed E-state index contributed by atoms with van der Waals surface area (Å²) in [6, 6.07) is 14.3. The van der Waals surface area contributed by atoms with Crippen LogP contribution >= 0.6 is 15.9 Å². The van der Waals surface area contributed by atoms with Crippen LogP contribution in [0.5, 0.6) is 5.75 Å². The van der Waals surface area contributed by atoms with Gasteiger partial charge in [-0.25, -0.2) is 0 Å². The maximum atomic E-state index is 12.0. The Balaban J connectivity index is 1.96. The van der Waals surface area contributed by atoms with Gasteiger partial charge in [-0.15, -0.1) is 0 Å². The zero-order chi connectivity index (χ0) is 14.5. The van der Waals surface area contributed by atoms with Crippen LogP contribution in [0.15, 0.2) is 53.0 Å². The molecule has 3 N–H and O–H groups in total. The highest BCUT2D eigenvalue weighted by Crippen LogP contribution is 2.19. The quantitative estimate of drug-likeness (QED) is 0.842. The lowest BCUT2D eigenvalue weighted by molar-refractivity contribution is -0.122. The third-order valence-electron chi connectivity index (χ3n) is 2.66. The fourth-order valence-electron chi connectivity index (χ4n) is 1.61. The first kappa shape index (κ1) is 14.4. The van der Waals surface area contributed by atoms with Crippen LogP contribution in [0.4, 0.5) is 11.4 Å². The van der Waals surface area contributed by atoms with Crippen LogP contribution in [0.25, 0.3) is 0 Å². The number of hydrogen-bond acceptors (Lipinski definition) is 3. The molecule has 0 fully saturated rings. The Morgan fingerprint density at radius 1 is 1.25 bits per heavy atom. The number of nitrogen functional groups attached to an aromatic ring is 1. The van der Waals surface area contributed by atoms with Crippen molar-refractivity contribution in [2.45, 2.75) is 13.0 Å². The monoisotopic (exact) mass is 334 g/mol. The highest BCUT2D eigenvalue weighted by molar-refractivity contribution is 9.10. The van der Waals surface area contributed by atoms with E-state index in [9.17, 15) is 4.79 Å². The number of anilines is 2. The third kappa shape index (κ3) is 3.99. The summed E-state index contributed by atoms with van der Waals surface area (Å²) in [6.45, 7) is 1.70. The van der Waals surface area contributed by atoms with Crippen molar-refractivity contribution in [2.75, 3.05) is 11.1 Å². The summed E-state index contributed by atoms with van der Waals surface area (Å²) in [5.41, 5.74) is 6.93. The highest BCUT2D eigenvalue weighted by Gasteiger charge is 2.14. The van der Waals surface area contributed by atoms with Gasteiger partial charge in [0.15, 0.2) is 6.10 Å². The van der Waals surface area contributed by atoms with Gasteiger partial charge in [-0.1, -0.05) is 22.0 Å². The van der Waals surface area contributed by atoms with Crippen molar-refractivity contribution in [3.05, 3.63) is 53.0 Å². The average Bonchev–Trinajstić information content (AvgIpc) is 2.41. The molecule has 2 rings (SSSR count). The Labute approximate surface area is 126 Å². The van der Waals surface area contributed by atoms with E-state index < -0.39 is 6.10 Å². The zero-order valence-corrected chi connectivity index (χ0v) is 12.6. The van der Waals surface area contributed by atoms with Gasteiger partial charge in [0.2, 0.25) is 0 Å². The summed E-state index contributed by atoms with van der Waals surface area (Å²) in [4.78, 5) is 12.0. The molecule has 0 spiro atoms. The summed E-state index contributed by atoms with van der Waals surface area (Å²) in [7, 11) is 0. The number of carbonyl (C=O) groups excluding carboxylic acids is 1. The van der Waals surface area contributed by atoms with Crippen LogP contribution in [-0.4, -0.2) is 12.0 Å². The number of hydrogen-bond donors (Lipinski definition) is 2. The standard InChI is InChI=1S/C15H15BrN2O2/c1-10(20-14-4-2-3-11(16)9-14)15(19)18-13-7-5-12(17)6-8-13/h2-10H,17H2,1H3,(H,18,19). The molecule has 20 heavy (non-hydrogen) atoms. The molecule has 0 heterocycles. The Morgan fingerprint density at radius 2 is 1.95 bits per heavy atom. The van der Waals surface area contributed by atoms with Gasteiger partial charge in [-0.3, -0.25) is 4.79 Å². The molecule has 0 bridgehead atoms. The van der Waals surface area contributed by atoms with E-state index in [4.69, 9.17) is 10.5 Å². The minimum atomic E-state index is -0.596. The molecule has 0 aliphatic carbocycles. The fraction of sp³-hybridized carbons (Fsp3) is 0.133. The molecule has 0 saturated heterocycles. The molecule has 1 atom stereocenters. The van der Waals surface area contributed by atoms with E-state index in [1.165, 1.54) is 0 Å². The molecule has 0 radical (unpaired) electrons. The smallest absolute Gasteiger partial charge is 0.265 e. The van der Waals surface area contributed by atoms with Gasteiger partial charge in [0.1, 0.15) is 5.75 Å². The van der Waals surface area contributed by atoms with E-state index in [2.05, 4.69) is 21.2 Å². The predicted molar refractivity (Wildman–Crippen MR) is 83.7 cm³/mol. The van der Waals surface area contributed by atoms with Crippen LogP contribution in [0.3, 0.4) is 0 Å². The number of ether oxygens (including phenoxy) is 1. The number of halogens is 1. The molecule has 2 aromatic carbocycles. The first-order valence-electron chi connectivity index (χ1n) is 6.13. The van der Waals surface area contributed by atoms with E-state index in [-0.39, 0.29) is 5.91 Å². The second-order valence-corrected chi connectivity index (χ2v) is 5.24. The zero-order valence-electron chi connectivity index (χ0n) is 11.0. The molecular formula is C15H15BrN2O2. The number of nitrogens with two attached hydrogens (primary N) is 1. The summed E-state index contributed by atoms with van der Waals surface area (Å²) in [6.07, 6.45) is -0.596. The second-order valence-electron chi connectivity index (χ2n) is 4.33. The van der Waals surface area contributed by atoms with Crippen molar-refractivity contribution in [1.82, 2.24) is 0 Å². The minimum Gasteiger partial charge on any atom is -0.481 e. The Hall–Kier alpha value is -2.01. The largest absolute Gasteiger partial charge is 0.481 e. The van der Waals surface area contributed by atoms with Gasteiger partial charge in [0.05, 0.1) is 0 Å². The van der Waals surface area contributed by atoms with Crippen molar-refractivity contribution in [2.24, 2.45) is 0 Å². The normalized spacial score (nSPS) is 11.7. The number of rotatable bonds is 4. The van der Waals surface area contributed by atoms with Crippen LogP contribution in [0.1, 0.15) is 6.92 Å². The molecule has 104 valence electrons. The molecule has 2 aromatic rings. The molecule has 0 aliphatic heterocycles. The first-order chi connectivity index (χ1) is 9.54. The number of benzene rings is 2. The maximum Gasteiger partial charge on any atom is 0.265 e. The lowest BCUT2D eigenvalue weighted by Crippen LogP contribution is -2.30. The maximum absolute atomic E-state index is 12.0. The molecule has 1 amide bonds. The Bertz CT molecular complexity index is 599. The van der Waals surface area contributed by atoms with E-state index in [0.29, 0.717) is 17.1 Å². The van der Waals surface area contributed by atoms with E-state index in [1.54, 1.807) is 37.3 Å². The van der Waals surface area contributed by atoms with Crippen molar-refractivity contribution in [3.8, 4) is 5.75 Å². The van der Waals surface area contributed by atoms with Gasteiger partial charge in [0.25, 0.3) is 5.91 Å². The van der Waals surface area contributed by atoms with Crippen LogP contribution in [0, 0.1) is 0 Å². The molecule has 5 heteroatoms. The molecular weight excluding hydrogens is 320 g/mol. The lowest BCUT2D eigenvalue weighted by Gasteiger charge is -2.15. The van der Waals surface area contributed by atoms with Crippen molar-refractivity contribution >= 4 is 33.2 Å². The van der Waals surface area contributed by atoms with Gasteiger partial charge in [0, 0.05) is 15.8 Å². The van der Waals surface area contributed by atoms with E-state index >= 15 is 0 Å². The van der Waals surface area contributed by atoms with E-state index in [0.717, 1.165) is 4.47 Å². The Morgan fingerprint density at radius 3 is 2.60 bits per heavy atom. The molecule has 4 nitrogen and oxygen atoms in total. The van der Waals surface area contributed by atoms with E-state index in [1.807, 2.05) is 18.2 Å². The van der Waals surface area contributed by atoms with Gasteiger partial charge in [-0.05, 0) is 49.4 Å². The Kier molecular flexibility index (Phi) is 4.63. The molecule has 0 aliphatic rings. The van der Waals surface area contributed by atoms with Crippen molar-refractivity contribution < 1.29 is 9.53 Å². The van der Waals surface area contributed by atoms with Gasteiger partial charge < -0.3 is 15.8 Å². The average molecular weight is 335 g/mol. The summed E-state index contributed by atoms with van der Waals surface area (Å²) >= 11 is 3.36. The highest BCUT2D eigenvalue weighted by atomic mass is 79.9. The van der Waals surface area contributed by atoms with Crippen molar-refractivity contribution in [3.63, 3.8) is 0 Å². The number of nitrogens with one attached hydrogen (secondary N) is 1. The topological polar surface area (TPSA) is 64.3 Å². The van der Waals surface area contributed by atoms with Gasteiger partial charge in [-0.2, -0.15) is 0 Å².